The van der Waals surface area contributed by atoms with E-state index in [2.05, 4.69) is 16.6 Å². The van der Waals surface area contributed by atoms with Crippen molar-refractivity contribution in [3.05, 3.63) is 42.1 Å². The summed E-state index contributed by atoms with van der Waals surface area (Å²) in [7, 11) is 2.88. The molecule has 0 aliphatic carbocycles. The van der Waals surface area contributed by atoms with Crippen molar-refractivity contribution in [2.24, 2.45) is 10.3 Å². The van der Waals surface area contributed by atoms with E-state index in [0.29, 0.717) is 4.36 Å². The monoisotopic (exact) mass is 204 g/mol. The molecule has 3 nitrogen and oxygen atoms in total. The first-order chi connectivity index (χ1) is 6.73. The summed E-state index contributed by atoms with van der Waals surface area (Å²) in [6.45, 7) is 0. The molecule has 0 aromatic heterocycles. The molecule has 1 aromatic carbocycles. The number of hydrogen-bond acceptors (Lipinski definition) is 2. The van der Waals surface area contributed by atoms with Gasteiger partial charge in [-0.05, 0) is 6.30 Å². The van der Waals surface area contributed by atoms with Gasteiger partial charge in [-0.1, -0.05) is 35.4 Å². The van der Waals surface area contributed by atoms with Crippen molar-refractivity contribution in [2.75, 3.05) is 7.05 Å². The average molecular weight is 204 g/mol. The van der Waals surface area contributed by atoms with Crippen LogP contribution >= 0.6 is 8.35 Å². The van der Waals surface area contributed by atoms with Crippen LogP contribution in [0.3, 0.4) is 0 Å². The molecule has 1 aliphatic heterocycles. The minimum atomic E-state index is 0.407. The molecule has 0 saturated heterocycles. The molecule has 0 N–H and O–H groups in total. The van der Waals surface area contributed by atoms with Crippen LogP contribution in [-0.4, -0.2) is 17.7 Å². The third-order valence-electron chi connectivity index (χ3n) is 2.06. The molecule has 0 fully saturated rings. The zero-order valence-corrected chi connectivity index (χ0v) is 8.85. The van der Waals surface area contributed by atoms with Gasteiger partial charge in [0, 0.05) is 10.8 Å². The molecule has 1 aliphatic rings. The highest BCUT2D eigenvalue weighted by molar-refractivity contribution is 7.30. The van der Waals surface area contributed by atoms with E-state index >= 15 is 0 Å². The van der Waals surface area contributed by atoms with Crippen LogP contribution in [0, 0.1) is 0 Å². The van der Waals surface area contributed by atoms with Gasteiger partial charge in [0.05, 0.1) is 0 Å². The Morgan fingerprint density at radius 2 is 2.00 bits per heavy atom. The summed E-state index contributed by atoms with van der Waals surface area (Å²) < 4.78 is 0.407. The van der Waals surface area contributed by atoms with E-state index in [-0.39, 0.29) is 0 Å². The maximum Gasteiger partial charge on any atom is 0.184 e. The lowest BCUT2D eigenvalue weighted by Gasteiger charge is -2.07. The fourth-order valence-corrected chi connectivity index (χ4v) is 1.52. The lowest BCUT2D eigenvalue weighted by atomic mass is 10.2. The highest BCUT2D eigenvalue weighted by Gasteiger charge is 2.24. The molecular weight excluding hydrogens is 193 g/mol. The Kier molecular flexibility index (Phi) is 2.28. The molecule has 1 heterocycles. The predicted octanol–water partition coefficient (Wildman–Crippen LogP) is 3.11. The van der Waals surface area contributed by atoms with E-state index in [1.807, 2.05) is 43.6 Å². The predicted molar refractivity (Wildman–Crippen MR) is 59.5 cm³/mol. The van der Waals surface area contributed by atoms with Crippen molar-refractivity contribution in [2.45, 2.75) is 0 Å². The fraction of sp³-hybridized carbons (Fsp3) is 0.100. The summed E-state index contributed by atoms with van der Waals surface area (Å²) in [6, 6.07) is 10.0. The van der Waals surface area contributed by atoms with Gasteiger partial charge in [0.25, 0.3) is 0 Å². The second-order valence-corrected chi connectivity index (χ2v) is 4.28. The van der Waals surface area contributed by atoms with Crippen molar-refractivity contribution >= 4 is 20.4 Å². The van der Waals surface area contributed by atoms with Gasteiger partial charge in [0.1, 0.15) is 7.05 Å². The first kappa shape index (κ1) is 9.25. The van der Waals surface area contributed by atoms with E-state index in [1.165, 1.54) is 0 Å². The Hall–Kier alpha value is -1.31. The van der Waals surface area contributed by atoms with Gasteiger partial charge in [-0.25, -0.2) is 0 Å². The first-order valence-corrected chi connectivity index (χ1v) is 5.33. The van der Waals surface area contributed by atoms with E-state index in [1.54, 1.807) is 0 Å². The lowest BCUT2D eigenvalue weighted by Crippen LogP contribution is -2.15. The average Bonchev–Trinajstić information content (AvgIpc) is 2.63. The topological polar surface area (TPSA) is 24.7 Å². The summed E-state index contributed by atoms with van der Waals surface area (Å²) in [6.07, 6.45) is 5.82. The molecule has 14 heavy (non-hydrogen) atoms. The van der Waals surface area contributed by atoms with Gasteiger partial charge in [0.2, 0.25) is 0 Å². The van der Waals surface area contributed by atoms with Crippen LogP contribution in [0.2, 0.25) is 0 Å². The zero-order valence-electron chi connectivity index (χ0n) is 7.96. The van der Waals surface area contributed by atoms with Crippen LogP contribution < -0.4 is 0 Å². The third-order valence-corrected chi connectivity index (χ3v) is 2.82. The molecule has 1 atom stereocenters. The maximum absolute atomic E-state index is 4.14. The Balaban J connectivity index is 2.37. The molecule has 4 heteroatoms. The lowest BCUT2D eigenvalue weighted by molar-refractivity contribution is -0.729. The van der Waals surface area contributed by atoms with Crippen molar-refractivity contribution < 1.29 is 4.36 Å². The fourth-order valence-electron chi connectivity index (χ4n) is 1.23. The third kappa shape index (κ3) is 1.65. The molecular formula is C10H11N3P+. The molecule has 2 rings (SSSR count). The van der Waals surface area contributed by atoms with Gasteiger partial charge >= 0.3 is 0 Å². The van der Waals surface area contributed by atoms with Gasteiger partial charge in [-0.3, -0.25) is 0 Å². The number of nitrogens with zero attached hydrogens (tertiary/aromatic N) is 3. The van der Waals surface area contributed by atoms with E-state index in [4.69, 9.17) is 0 Å². The van der Waals surface area contributed by atoms with Gasteiger partial charge in [-0.15, -0.1) is 4.36 Å². The number of benzene rings is 1. The molecule has 1 aromatic rings. The smallest absolute Gasteiger partial charge is 0.109 e. The van der Waals surface area contributed by atoms with Crippen LogP contribution in [0.1, 0.15) is 5.56 Å². The highest BCUT2D eigenvalue weighted by atomic mass is 31.1. The highest BCUT2D eigenvalue weighted by Crippen LogP contribution is 2.31. The Bertz CT molecular complexity index is 411. The standard InChI is InChI=1S/C10H11N3P/c1-13(14-2)8-10(11-12-13)9-6-4-3-5-7-9/h3-8H,2H2,1H3/q+1. The zero-order chi connectivity index (χ0) is 10.0. The first-order valence-electron chi connectivity index (χ1n) is 4.29. The van der Waals surface area contributed by atoms with Crippen LogP contribution in [0.25, 0.3) is 5.70 Å². The van der Waals surface area contributed by atoms with Gasteiger partial charge in [-0.2, -0.15) is 0 Å². The maximum atomic E-state index is 4.14. The van der Waals surface area contributed by atoms with Crippen LogP contribution in [0.4, 0.5) is 0 Å². The quantitative estimate of drug-likeness (QED) is 0.661. The summed E-state index contributed by atoms with van der Waals surface area (Å²) in [5, 5.41) is 8.28. The van der Waals surface area contributed by atoms with Crippen molar-refractivity contribution in [3.8, 4) is 0 Å². The van der Waals surface area contributed by atoms with Crippen LogP contribution in [0.15, 0.2) is 46.9 Å². The number of hydrogen-bond donors (Lipinski definition) is 0. The number of quaternary nitrogens is 1. The summed E-state index contributed by atoms with van der Waals surface area (Å²) in [5.74, 6) is 0. The van der Waals surface area contributed by atoms with Gasteiger partial charge < -0.3 is 0 Å². The molecule has 0 amide bonds. The molecule has 0 radical (unpaired) electrons. The molecule has 0 spiro atoms. The summed E-state index contributed by atoms with van der Waals surface area (Å²) in [5.41, 5.74) is 2.02. The van der Waals surface area contributed by atoms with E-state index in [0.717, 1.165) is 19.6 Å². The number of rotatable bonds is 2. The Morgan fingerprint density at radius 3 is 2.57 bits per heavy atom. The molecule has 0 saturated carbocycles. The molecule has 1 unspecified atom stereocenters. The largest absolute Gasteiger partial charge is 0.184 e. The SMILES string of the molecule is C=P[N+]1(C)C=C(c2ccccc2)N=N1. The molecule has 70 valence electrons. The van der Waals surface area contributed by atoms with Crippen molar-refractivity contribution in [3.63, 3.8) is 0 Å². The summed E-state index contributed by atoms with van der Waals surface area (Å²) >= 11 is 0. The second-order valence-electron chi connectivity index (χ2n) is 3.19. The van der Waals surface area contributed by atoms with Crippen LogP contribution in [-0.2, 0) is 0 Å². The normalized spacial score (nSPS) is 25.4. The minimum absolute atomic E-state index is 0.407. The minimum Gasteiger partial charge on any atom is -0.109 e. The molecule has 0 bridgehead atoms. The summed E-state index contributed by atoms with van der Waals surface area (Å²) in [4.78, 5) is 0. The van der Waals surface area contributed by atoms with E-state index in [9.17, 15) is 0 Å². The van der Waals surface area contributed by atoms with Crippen molar-refractivity contribution in [1.82, 2.24) is 0 Å². The van der Waals surface area contributed by atoms with Crippen molar-refractivity contribution in [1.29, 1.82) is 0 Å². The van der Waals surface area contributed by atoms with E-state index < -0.39 is 0 Å². The second kappa shape index (κ2) is 3.45. The van der Waals surface area contributed by atoms with Gasteiger partial charge in [0.15, 0.2) is 20.3 Å². The van der Waals surface area contributed by atoms with Crippen LogP contribution in [0.5, 0.6) is 0 Å². The Morgan fingerprint density at radius 1 is 1.29 bits per heavy atom. The Labute approximate surface area is 84.8 Å².